The van der Waals surface area contributed by atoms with Crippen LogP contribution in [0, 0.1) is 6.92 Å². The molecular formula is C26H23NO4S. The van der Waals surface area contributed by atoms with Gasteiger partial charge in [0.15, 0.2) is 0 Å². The van der Waals surface area contributed by atoms with E-state index in [0.717, 1.165) is 34.2 Å². The maximum Gasteiger partial charge on any atom is 0.293 e. The Morgan fingerprint density at radius 2 is 1.44 bits per heavy atom. The summed E-state index contributed by atoms with van der Waals surface area (Å²) in [6.07, 6.45) is 1.74. The van der Waals surface area contributed by atoms with Crippen LogP contribution in [0.15, 0.2) is 83.8 Å². The summed E-state index contributed by atoms with van der Waals surface area (Å²) in [5, 5.41) is -0.247. The monoisotopic (exact) mass is 445 g/mol. The van der Waals surface area contributed by atoms with Crippen LogP contribution in [0.2, 0.25) is 0 Å². The van der Waals surface area contributed by atoms with Gasteiger partial charge in [-0.2, -0.15) is 0 Å². The van der Waals surface area contributed by atoms with Crippen LogP contribution in [0.3, 0.4) is 0 Å². The van der Waals surface area contributed by atoms with Gasteiger partial charge in [-0.05, 0) is 65.7 Å². The smallest absolute Gasteiger partial charge is 0.293 e. The molecule has 0 atom stereocenters. The van der Waals surface area contributed by atoms with Gasteiger partial charge in [-0.3, -0.25) is 14.5 Å². The van der Waals surface area contributed by atoms with Crippen molar-refractivity contribution in [1.82, 2.24) is 4.90 Å². The second-order valence-electron chi connectivity index (χ2n) is 7.27. The average molecular weight is 446 g/mol. The van der Waals surface area contributed by atoms with Gasteiger partial charge in [0.1, 0.15) is 24.7 Å². The van der Waals surface area contributed by atoms with Crippen molar-refractivity contribution in [3.63, 3.8) is 0 Å². The number of carbonyl (C=O) groups excluding carboxylic acids is 2. The average Bonchev–Trinajstić information content (AvgIpc) is 3.07. The Kier molecular flexibility index (Phi) is 6.92. The zero-order valence-corrected chi connectivity index (χ0v) is 18.5. The van der Waals surface area contributed by atoms with Crippen molar-refractivity contribution in [2.45, 2.75) is 13.5 Å². The quantitative estimate of drug-likeness (QED) is 0.329. The first kappa shape index (κ1) is 21.7. The van der Waals surface area contributed by atoms with E-state index in [1.54, 1.807) is 6.08 Å². The maximum atomic E-state index is 12.8. The van der Waals surface area contributed by atoms with Crippen LogP contribution < -0.4 is 9.47 Å². The number of para-hydroxylation sites is 1. The minimum Gasteiger partial charge on any atom is -0.490 e. The van der Waals surface area contributed by atoms with Gasteiger partial charge in [0.2, 0.25) is 0 Å². The van der Waals surface area contributed by atoms with Gasteiger partial charge in [0.05, 0.1) is 11.4 Å². The van der Waals surface area contributed by atoms with Crippen molar-refractivity contribution >= 4 is 29.0 Å². The van der Waals surface area contributed by atoms with E-state index in [2.05, 4.69) is 0 Å². The molecule has 1 saturated heterocycles. The largest absolute Gasteiger partial charge is 0.490 e. The van der Waals surface area contributed by atoms with Crippen LogP contribution in [0.25, 0.3) is 6.08 Å². The summed E-state index contributed by atoms with van der Waals surface area (Å²) < 4.78 is 11.3. The molecule has 4 rings (SSSR count). The van der Waals surface area contributed by atoms with E-state index in [1.165, 1.54) is 4.90 Å². The normalized spacial score (nSPS) is 14.8. The van der Waals surface area contributed by atoms with Crippen molar-refractivity contribution in [2.75, 3.05) is 13.2 Å². The van der Waals surface area contributed by atoms with Crippen LogP contribution in [0.4, 0.5) is 4.79 Å². The lowest BCUT2D eigenvalue weighted by atomic mass is 10.1. The Labute approximate surface area is 191 Å². The van der Waals surface area contributed by atoms with E-state index >= 15 is 0 Å². The summed E-state index contributed by atoms with van der Waals surface area (Å²) in [5.41, 5.74) is 2.85. The molecule has 6 heteroatoms. The third-order valence-electron chi connectivity index (χ3n) is 5.01. The summed E-state index contributed by atoms with van der Waals surface area (Å²) in [6.45, 7) is 3.13. The number of hydrogen-bond donors (Lipinski definition) is 0. The molecule has 0 saturated carbocycles. The lowest BCUT2D eigenvalue weighted by Gasteiger charge is -2.14. The SMILES string of the molecule is Cc1ccccc1CN1C(=O)S/C(=C\c2ccc(OCCOc3ccccc3)cc2)C1=O. The molecule has 0 spiro atoms. The molecule has 1 fully saturated rings. The molecule has 1 heterocycles. The third-order valence-corrected chi connectivity index (χ3v) is 5.91. The standard InChI is InChI=1S/C26H23NO4S/c1-19-7-5-6-8-21(19)18-27-25(28)24(32-26(27)29)17-20-11-13-23(14-12-20)31-16-15-30-22-9-3-2-4-10-22/h2-14,17H,15-16,18H2,1H3/b24-17-. The fourth-order valence-corrected chi connectivity index (χ4v) is 4.08. The number of carbonyl (C=O) groups is 2. The Hall–Kier alpha value is -3.51. The number of thioether (sulfide) groups is 1. The number of hydrogen-bond acceptors (Lipinski definition) is 5. The summed E-state index contributed by atoms with van der Waals surface area (Å²) >= 11 is 0.971. The molecule has 0 bridgehead atoms. The van der Waals surface area contributed by atoms with Crippen molar-refractivity contribution in [3.05, 3.63) is 100 Å². The van der Waals surface area contributed by atoms with E-state index in [-0.39, 0.29) is 17.7 Å². The Balaban J connectivity index is 1.33. The topological polar surface area (TPSA) is 55.8 Å². The Morgan fingerprint density at radius 1 is 0.812 bits per heavy atom. The maximum absolute atomic E-state index is 12.8. The highest BCUT2D eigenvalue weighted by Gasteiger charge is 2.35. The number of amides is 2. The van der Waals surface area contributed by atoms with Gasteiger partial charge < -0.3 is 9.47 Å². The van der Waals surface area contributed by atoms with Gasteiger partial charge in [-0.1, -0.05) is 54.6 Å². The molecule has 3 aromatic carbocycles. The summed E-state index contributed by atoms with van der Waals surface area (Å²) in [4.78, 5) is 26.9. The van der Waals surface area contributed by atoms with E-state index in [4.69, 9.17) is 9.47 Å². The summed E-state index contributed by atoms with van der Waals surface area (Å²) in [5.74, 6) is 1.26. The molecule has 5 nitrogen and oxygen atoms in total. The van der Waals surface area contributed by atoms with Gasteiger partial charge in [0, 0.05) is 0 Å². The lowest BCUT2D eigenvalue weighted by Crippen LogP contribution is -2.27. The molecule has 1 aliphatic rings. The molecule has 0 aliphatic carbocycles. The lowest BCUT2D eigenvalue weighted by molar-refractivity contribution is -0.123. The van der Waals surface area contributed by atoms with Crippen molar-refractivity contribution in [2.24, 2.45) is 0 Å². The van der Waals surface area contributed by atoms with E-state index < -0.39 is 0 Å². The molecule has 3 aromatic rings. The Bertz CT molecular complexity index is 1130. The van der Waals surface area contributed by atoms with Gasteiger partial charge in [-0.15, -0.1) is 0 Å². The molecule has 0 radical (unpaired) electrons. The fourth-order valence-electron chi connectivity index (χ4n) is 3.24. The molecular weight excluding hydrogens is 422 g/mol. The molecule has 32 heavy (non-hydrogen) atoms. The van der Waals surface area contributed by atoms with Gasteiger partial charge in [0.25, 0.3) is 11.1 Å². The highest BCUT2D eigenvalue weighted by molar-refractivity contribution is 8.18. The molecule has 0 aromatic heterocycles. The van der Waals surface area contributed by atoms with Crippen molar-refractivity contribution in [3.8, 4) is 11.5 Å². The highest BCUT2D eigenvalue weighted by Crippen LogP contribution is 2.33. The summed E-state index contributed by atoms with van der Waals surface area (Å²) in [6, 6.07) is 24.8. The van der Waals surface area contributed by atoms with Crippen LogP contribution in [-0.4, -0.2) is 29.3 Å². The third kappa shape index (κ3) is 5.39. The number of imide groups is 1. The minimum absolute atomic E-state index is 0.247. The first-order valence-electron chi connectivity index (χ1n) is 10.3. The van der Waals surface area contributed by atoms with E-state index in [0.29, 0.717) is 23.9 Å². The molecule has 0 N–H and O–H groups in total. The summed E-state index contributed by atoms with van der Waals surface area (Å²) in [7, 11) is 0. The van der Waals surface area contributed by atoms with E-state index in [1.807, 2.05) is 85.8 Å². The zero-order valence-electron chi connectivity index (χ0n) is 17.7. The van der Waals surface area contributed by atoms with Gasteiger partial charge in [-0.25, -0.2) is 0 Å². The van der Waals surface area contributed by atoms with Crippen LogP contribution in [0.1, 0.15) is 16.7 Å². The predicted molar refractivity (Wildman–Crippen MR) is 127 cm³/mol. The van der Waals surface area contributed by atoms with Crippen LogP contribution in [0.5, 0.6) is 11.5 Å². The van der Waals surface area contributed by atoms with Crippen molar-refractivity contribution < 1.29 is 19.1 Å². The number of ether oxygens (including phenoxy) is 2. The molecule has 162 valence electrons. The fraction of sp³-hybridized carbons (Fsp3) is 0.154. The van der Waals surface area contributed by atoms with Crippen molar-refractivity contribution in [1.29, 1.82) is 0 Å². The number of aryl methyl sites for hydroxylation is 1. The molecule has 0 unspecified atom stereocenters. The minimum atomic E-state index is -0.262. The molecule has 1 aliphatic heterocycles. The van der Waals surface area contributed by atoms with E-state index in [9.17, 15) is 9.59 Å². The number of rotatable bonds is 8. The van der Waals surface area contributed by atoms with Crippen LogP contribution in [-0.2, 0) is 11.3 Å². The van der Waals surface area contributed by atoms with Gasteiger partial charge >= 0.3 is 0 Å². The highest BCUT2D eigenvalue weighted by atomic mass is 32.2. The predicted octanol–water partition coefficient (Wildman–Crippen LogP) is 5.69. The molecule has 2 amide bonds. The number of benzene rings is 3. The second-order valence-corrected chi connectivity index (χ2v) is 8.27. The second kappa shape index (κ2) is 10.2. The first-order chi connectivity index (χ1) is 15.6. The first-order valence-corrected chi connectivity index (χ1v) is 11.1. The van der Waals surface area contributed by atoms with Crippen LogP contribution >= 0.6 is 11.8 Å². The zero-order chi connectivity index (χ0) is 22.3. The Morgan fingerprint density at radius 3 is 2.12 bits per heavy atom. The number of nitrogens with zero attached hydrogens (tertiary/aromatic N) is 1.